The predicted octanol–water partition coefficient (Wildman–Crippen LogP) is 1.63. The van der Waals surface area contributed by atoms with Crippen LogP contribution < -0.4 is 14.2 Å². The van der Waals surface area contributed by atoms with E-state index in [-0.39, 0.29) is 16.8 Å². The normalized spacial score (nSPS) is 15.4. The molecule has 1 aliphatic rings. The molecule has 1 fully saturated rings. The molecule has 1 aromatic heterocycles. The first kappa shape index (κ1) is 21.1. The molecule has 0 unspecified atom stereocenters. The Morgan fingerprint density at radius 1 is 1.14 bits per heavy atom. The molecule has 2 heterocycles. The maximum absolute atomic E-state index is 12.9. The van der Waals surface area contributed by atoms with Crippen molar-refractivity contribution in [1.29, 1.82) is 0 Å². The maximum atomic E-state index is 12.9. The summed E-state index contributed by atoms with van der Waals surface area (Å²) in [5.41, 5.74) is 1.43. The Bertz CT molecular complexity index is 952. The number of amides is 1. The second kappa shape index (κ2) is 8.42. The Morgan fingerprint density at radius 3 is 2.21 bits per heavy atom. The zero-order valence-electron chi connectivity index (χ0n) is 17.0. The third-order valence-electron chi connectivity index (χ3n) is 5.03. The average Bonchev–Trinajstić information content (AvgIpc) is 3.06. The molecule has 0 radical (unpaired) electrons. The number of carbonyl (C=O) groups is 1. The number of carbonyl (C=O) groups excluding carboxylic acids is 1. The SMILES string of the molecule is COc1cc(OC)cc(C(=O)N2CCC(NS(=O)(=O)c3c(C)n[nH]c3C)CC2)c1. The minimum absolute atomic E-state index is 0.134. The summed E-state index contributed by atoms with van der Waals surface area (Å²) in [6.07, 6.45) is 1.06. The summed E-state index contributed by atoms with van der Waals surface area (Å²) in [6, 6.07) is 4.81. The number of hydrogen-bond acceptors (Lipinski definition) is 6. The van der Waals surface area contributed by atoms with E-state index < -0.39 is 10.0 Å². The lowest BCUT2D eigenvalue weighted by molar-refractivity contribution is 0.0710. The van der Waals surface area contributed by atoms with Crippen molar-refractivity contribution in [3.63, 3.8) is 0 Å². The standard InChI is InChI=1S/C19H26N4O5S/c1-12-18(13(2)21-20-12)29(25,26)22-15-5-7-23(8-6-15)19(24)14-9-16(27-3)11-17(10-14)28-4/h9-11,15,22H,5-8H2,1-4H3,(H,20,21). The number of methoxy groups -OCH3 is 2. The number of aromatic amines is 1. The Balaban J connectivity index is 1.66. The summed E-state index contributed by atoms with van der Waals surface area (Å²) in [7, 11) is -0.602. The number of aromatic nitrogens is 2. The fourth-order valence-corrected chi connectivity index (χ4v) is 5.20. The van der Waals surface area contributed by atoms with E-state index in [0.29, 0.717) is 54.4 Å². The molecule has 2 N–H and O–H groups in total. The summed E-state index contributed by atoms with van der Waals surface area (Å²) in [5, 5.41) is 6.65. The van der Waals surface area contributed by atoms with Crippen LogP contribution in [0.25, 0.3) is 0 Å². The number of hydrogen-bond donors (Lipinski definition) is 2. The highest BCUT2D eigenvalue weighted by atomic mass is 32.2. The molecule has 29 heavy (non-hydrogen) atoms. The lowest BCUT2D eigenvalue weighted by Gasteiger charge is -2.32. The van der Waals surface area contributed by atoms with Gasteiger partial charge in [-0.2, -0.15) is 5.10 Å². The second-order valence-electron chi connectivity index (χ2n) is 7.05. The average molecular weight is 423 g/mol. The van der Waals surface area contributed by atoms with Crippen LogP contribution in [0.1, 0.15) is 34.6 Å². The van der Waals surface area contributed by atoms with Crippen molar-refractivity contribution in [2.24, 2.45) is 0 Å². The lowest BCUT2D eigenvalue weighted by Crippen LogP contribution is -2.46. The van der Waals surface area contributed by atoms with Crippen LogP contribution in [0.5, 0.6) is 11.5 Å². The summed E-state index contributed by atoms with van der Waals surface area (Å²) in [6.45, 7) is 4.24. The van der Waals surface area contributed by atoms with E-state index >= 15 is 0 Å². The molecule has 1 saturated heterocycles. The van der Waals surface area contributed by atoms with Crippen LogP contribution in [-0.2, 0) is 10.0 Å². The molecule has 1 amide bonds. The number of piperidine rings is 1. The van der Waals surface area contributed by atoms with Gasteiger partial charge in [0, 0.05) is 30.8 Å². The number of sulfonamides is 1. The number of H-pyrrole nitrogens is 1. The van der Waals surface area contributed by atoms with Crippen molar-refractivity contribution >= 4 is 15.9 Å². The van der Waals surface area contributed by atoms with E-state index in [1.165, 1.54) is 14.2 Å². The van der Waals surface area contributed by atoms with Crippen LogP contribution >= 0.6 is 0 Å². The van der Waals surface area contributed by atoms with Gasteiger partial charge in [0.05, 0.1) is 25.6 Å². The van der Waals surface area contributed by atoms with Gasteiger partial charge in [-0.05, 0) is 38.8 Å². The van der Waals surface area contributed by atoms with Gasteiger partial charge in [-0.25, -0.2) is 13.1 Å². The van der Waals surface area contributed by atoms with Gasteiger partial charge in [-0.3, -0.25) is 9.89 Å². The number of ether oxygens (including phenoxy) is 2. The Labute approximate surface area is 170 Å². The lowest BCUT2D eigenvalue weighted by atomic mass is 10.0. The second-order valence-corrected chi connectivity index (χ2v) is 8.70. The summed E-state index contributed by atoms with van der Waals surface area (Å²) >= 11 is 0. The molecule has 0 spiro atoms. The van der Waals surface area contributed by atoms with Crippen molar-refractivity contribution in [3.05, 3.63) is 35.2 Å². The quantitative estimate of drug-likeness (QED) is 0.731. The third kappa shape index (κ3) is 4.54. The van der Waals surface area contributed by atoms with Gasteiger partial charge in [0.25, 0.3) is 5.91 Å². The number of aryl methyl sites for hydroxylation is 2. The van der Waals surface area contributed by atoms with Crippen molar-refractivity contribution < 1.29 is 22.7 Å². The smallest absolute Gasteiger partial charge is 0.254 e. The van der Waals surface area contributed by atoms with Gasteiger partial charge >= 0.3 is 0 Å². The highest BCUT2D eigenvalue weighted by Crippen LogP contribution is 2.25. The first-order valence-corrected chi connectivity index (χ1v) is 10.8. The molecular formula is C19H26N4O5S. The molecule has 0 saturated carbocycles. The highest BCUT2D eigenvalue weighted by molar-refractivity contribution is 7.89. The van der Waals surface area contributed by atoms with Crippen LogP contribution in [0, 0.1) is 13.8 Å². The van der Waals surface area contributed by atoms with Gasteiger partial charge in [-0.1, -0.05) is 0 Å². The van der Waals surface area contributed by atoms with Crippen molar-refractivity contribution in [2.75, 3.05) is 27.3 Å². The highest BCUT2D eigenvalue weighted by Gasteiger charge is 2.29. The molecule has 10 heteroatoms. The van der Waals surface area contributed by atoms with Crippen molar-refractivity contribution in [1.82, 2.24) is 19.8 Å². The summed E-state index contributed by atoms with van der Waals surface area (Å²) in [4.78, 5) is 14.8. The number of benzene rings is 1. The van der Waals surface area contributed by atoms with Crippen LogP contribution in [-0.4, -0.2) is 62.8 Å². The zero-order chi connectivity index (χ0) is 21.2. The molecule has 0 atom stereocenters. The monoisotopic (exact) mass is 422 g/mol. The maximum Gasteiger partial charge on any atom is 0.254 e. The van der Waals surface area contributed by atoms with Crippen LogP contribution in [0.2, 0.25) is 0 Å². The first-order chi connectivity index (χ1) is 13.7. The molecule has 2 aromatic rings. The van der Waals surface area contributed by atoms with E-state index in [1.54, 1.807) is 36.9 Å². The minimum atomic E-state index is -3.67. The molecule has 0 aliphatic carbocycles. The summed E-state index contributed by atoms with van der Waals surface area (Å²) < 4.78 is 38.6. The Morgan fingerprint density at radius 2 is 1.72 bits per heavy atom. The number of rotatable bonds is 6. The number of likely N-dealkylation sites (tertiary alicyclic amines) is 1. The van der Waals surface area contributed by atoms with E-state index in [9.17, 15) is 13.2 Å². The van der Waals surface area contributed by atoms with Gasteiger partial charge in [0.1, 0.15) is 16.4 Å². The topological polar surface area (TPSA) is 114 Å². The van der Waals surface area contributed by atoms with E-state index in [1.807, 2.05) is 0 Å². The van der Waals surface area contributed by atoms with Gasteiger partial charge in [0.15, 0.2) is 0 Å². The van der Waals surface area contributed by atoms with Crippen molar-refractivity contribution in [2.45, 2.75) is 37.6 Å². The zero-order valence-corrected chi connectivity index (χ0v) is 17.8. The first-order valence-electron chi connectivity index (χ1n) is 9.31. The minimum Gasteiger partial charge on any atom is -0.497 e. The molecule has 3 rings (SSSR count). The number of nitrogens with zero attached hydrogens (tertiary/aromatic N) is 2. The van der Waals surface area contributed by atoms with Crippen LogP contribution in [0.3, 0.4) is 0 Å². The molecule has 1 aliphatic heterocycles. The molecule has 1 aromatic carbocycles. The van der Waals surface area contributed by atoms with E-state index in [4.69, 9.17) is 9.47 Å². The fourth-order valence-electron chi connectivity index (χ4n) is 3.53. The Kier molecular flexibility index (Phi) is 6.13. The molecular weight excluding hydrogens is 396 g/mol. The predicted molar refractivity (Wildman–Crippen MR) is 107 cm³/mol. The third-order valence-corrected chi connectivity index (χ3v) is 6.81. The van der Waals surface area contributed by atoms with Gasteiger partial charge < -0.3 is 14.4 Å². The number of nitrogens with one attached hydrogen (secondary N) is 2. The van der Waals surface area contributed by atoms with Crippen LogP contribution in [0.4, 0.5) is 0 Å². The summed E-state index contributed by atoms with van der Waals surface area (Å²) in [5.74, 6) is 0.951. The molecule has 158 valence electrons. The van der Waals surface area contributed by atoms with Gasteiger partial charge in [-0.15, -0.1) is 0 Å². The van der Waals surface area contributed by atoms with E-state index in [0.717, 1.165) is 0 Å². The Hall–Kier alpha value is -2.59. The molecule has 9 nitrogen and oxygen atoms in total. The van der Waals surface area contributed by atoms with Crippen molar-refractivity contribution in [3.8, 4) is 11.5 Å². The van der Waals surface area contributed by atoms with Gasteiger partial charge in [0.2, 0.25) is 10.0 Å². The largest absolute Gasteiger partial charge is 0.497 e. The van der Waals surface area contributed by atoms with E-state index in [2.05, 4.69) is 14.9 Å². The van der Waals surface area contributed by atoms with Crippen LogP contribution in [0.15, 0.2) is 23.1 Å². The fraction of sp³-hybridized carbons (Fsp3) is 0.474. The molecule has 0 bridgehead atoms.